The lowest BCUT2D eigenvalue weighted by molar-refractivity contribution is -0.124. The number of ketones is 1. The summed E-state index contributed by atoms with van der Waals surface area (Å²) >= 11 is 0. The van der Waals surface area contributed by atoms with Crippen LogP contribution in [0, 0.1) is 34.0 Å². The van der Waals surface area contributed by atoms with E-state index in [-0.39, 0.29) is 28.3 Å². The van der Waals surface area contributed by atoms with Crippen molar-refractivity contribution in [2.75, 3.05) is 0 Å². The van der Waals surface area contributed by atoms with Gasteiger partial charge in [-0.3, -0.25) is 4.79 Å². The van der Waals surface area contributed by atoms with Gasteiger partial charge in [0.1, 0.15) is 5.78 Å². The van der Waals surface area contributed by atoms with Crippen LogP contribution in [0.2, 0.25) is 0 Å². The van der Waals surface area contributed by atoms with Gasteiger partial charge in [0.2, 0.25) is 0 Å². The standard InChI is InChI=1S/C19H34O2/c1-8-15(20)12-9-19(12)10-13(17(2,3)4)16(21)14(11-19)18(5,6)7/h12-14,16,21H,8-11H2,1-7H3. The number of aliphatic hydroxyl groups excluding tert-OH is 1. The van der Waals surface area contributed by atoms with E-state index in [1.807, 2.05) is 6.92 Å². The summed E-state index contributed by atoms with van der Waals surface area (Å²) in [6.45, 7) is 15.4. The van der Waals surface area contributed by atoms with Crippen LogP contribution in [0.3, 0.4) is 0 Å². The third-order valence-electron chi connectivity index (χ3n) is 6.23. The molecule has 3 unspecified atom stereocenters. The van der Waals surface area contributed by atoms with E-state index >= 15 is 0 Å². The highest BCUT2D eigenvalue weighted by Crippen LogP contribution is 2.67. The molecular formula is C19H34O2. The van der Waals surface area contributed by atoms with Gasteiger partial charge in [0.25, 0.3) is 0 Å². The van der Waals surface area contributed by atoms with Gasteiger partial charge in [0.05, 0.1) is 6.10 Å². The second kappa shape index (κ2) is 5.08. The third kappa shape index (κ3) is 3.06. The van der Waals surface area contributed by atoms with Gasteiger partial charge in [-0.1, -0.05) is 48.5 Å². The first kappa shape index (κ1) is 17.0. The molecule has 122 valence electrons. The van der Waals surface area contributed by atoms with E-state index < -0.39 is 0 Å². The zero-order valence-electron chi connectivity index (χ0n) is 15.0. The highest BCUT2D eigenvalue weighted by atomic mass is 16.3. The molecule has 1 N–H and O–H groups in total. The normalized spacial score (nSPS) is 40.4. The minimum atomic E-state index is -0.242. The molecule has 0 heterocycles. The zero-order chi connectivity index (χ0) is 16.2. The molecule has 3 atom stereocenters. The molecule has 2 rings (SSSR count). The van der Waals surface area contributed by atoms with E-state index in [0.29, 0.717) is 24.0 Å². The number of aliphatic hydroxyl groups is 1. The zero-order valence-corrected chi connectivity index (χ0v) is 15.0. The molecule has 0 aromatic heterocycles. The molecule has 2 aliphatic rings. The smallest absolute Gasteiger partial charge is 0.136 e. The van der Waals surface area contributed by atoms with Crippen molar-refractivity contribution in [1.82, 2.24) is 0 Å². The summed E-state index contributed by atoms with van der Waals surface area (Å²) in [5, 5.41) is 11.0. The van der Waals surface area contributed by atoms with Gasteiger partial charge in [-0.25, -0.2) is 0 Å². The van der Waals surface area contributed by atoms with Crippen molar-refractivity contribution in [3.63, 3.8) is 0 Å². The molecule has 2 aliphatic carbocycles. The minimum Gasteiger partial charge on any atom is -0.393 e. The predicted molar refractivity (Wildman–Crippen MR) is 87.0 cm³/mol. The summed E-state index contributed by atoms with van der Waals surface area (Å²) in [6, 6.07) is 0. The topological polar surface area (TPSA) is 37.3 Å². The van der Waals surface area contributed by atoms with Gasteiger partial charge in [0, 0.05) is 12.3 Å². The average molecular weight is 294 g/mol. The van der Waals surface area contributed by atoms with Crippen LogP contribution in [0.1, 0.15) is 74.1 Å². The first-order valence-electron chi connectivity index (χ1n) is 8.63. The fourth-order valence-corrected chi connectivity index (χ4v) is 4.62. The summed E-state index contributed by atoms with van der Waals surface area (Å²) in [5.74, 6) is 1.30. The molecule has 1 spiro atoms. The molecule has 2 heteroatoms. The lowest BCUT2D eigenvalue weighted by atomic mass is 9.57. The van der Waals surface area contributed by atoms with Crippen LogP contribution in [0.25, 0.3) is 0 Å². The number of hydrogen-bond donors (Lipinski definition) is 1. The molecule has 2 saturated carbocycles. The van der Waals surface area contributed by atoms with Gasteiger partial charge in [-0.15, -0.1) is 0 Å². The Morgan fingerprint density at radius 3 is 1.76 bits per heavy atom. The molecule has 0 aliphatic heterocycles. The summed E-state index contributed by atoms with van der Waals surface area (Å²) in [4.78, 5) is 12.2. The molecule has 2 fully saturated rings. The van der Waals surface area contributed by atoms with Crippen LogP contribution in [0.5, 0.6) is 0 Å². The SMILES string of the molecule is CCC(=O)C1CC12CC(C(C)(C)C)C(O)C(C(C)(C)C)C2. The average Bonchev–Trinajstić information content (AvgIpc) is 3.02. The van der Waals surface area contributed by atoms with Crippen LogP contribution in [-0.4, -0.2) is 17.0 Å². The maximum atomic E-state index is 12.2. The minimum absolute atomic E-state index is 0.0960. The quantitative estimate of drug-likeness (QED) is 0.817. The van der Waals surface area contributed by atoms with E-state index in [1.54, 1.807) is 0 Å². The van der Waals surface area contributed by atoms with Crippen molar-refractivity contribution in [3.8, 4) is 0 Å². The van der Waals surface area contributed by atoms with Crippen LogP contribution in [-0.2, 0) is 4.79 Å². The number of carbonyl (C=O) groups excluding carboxylic acids is 1. The van der Waals surface area contributed by atoms with Crippen LogP contribution >= 0.6 is 0 Å². The summed E-state index contributed by atoms with van der Waals surface area (Å²) in [7, 11) is 0. The van der Waals surface area contributed by atoms with Crippen molar-refractivity contribution < 1.29 is 9.90 Å². The van der Waals surface area contributed by atoms with Gasteiger partial charge in [-0.2, -0.15) is 0 Å². The fourth-order valence-electron chi connectivity index (χ4n) is 4.62. The first-order chi connectivity index (χ1) is 9.42. The van der Waals surface area contributed by atoms with Crippen molar-refractivity contribution in [3.05, 3.63) is 0 Å². The maximum absolute atomic E-state index is 12.2. The molecule has 0 bridgehead atoms. The Hall–Kier alpha value is -0.370. The molecule has 0 saturated heterocycles. The van der Waals surface area contributed by atoms with E-state index in [2.05, 4.69) is 41.5 Å². The fraction of sp³-hybridized carbons (Fsp3) is 0.947. The molecule has 0 aromatic carbocycles. The number of carbonyl (C=O) groups is 1. The Balaban J connectivity index is 2.29. The van der Waals surface area contributed by atoms with Crippen molar-refractivity contribution in [2.24, 2.45) is 34.0 Å². The second-order valence-corrected chi connectivity index (χ2v) is 9.78. The molecule has 0 aromatic rings. The van der Waals surface area contributed by atoms with Crippen molar-refractivity contribution >= 4 is 5.78 Å². The first-order valence-corrected chi connectivity index (χ1v) is 8.63. The summed E-state index contributed by atoms with van der Waals surface area (Å²) in [5.41, 5.74) is 0.389. The molecule has 0 amide bonds. The van der Waals surface area contributed by atoms with Crippen molar-refractivity contribution in [2.45, 2.75) is 80.3 Å². The Labute approximate surface area is 130 Å². The van der Waals surface area contributed by atoms with Crippen molar-refractivity contribution in [1.29, 1.82) is 0 Å². The van der Waals surface area contributed by atoms with Gasteiger partial charge >= 0.3 is 0 Å². The Morgan fingerprint density at radius 2 is 1.43 bits per heavy atom. The summed E-state index contributed by atoms with van der Waals surface area (Å²) < 4.78 is 0. The Kier molecular flexibility index (Phi) is 4.11. The number of Topliss-reactive ketones (excluding diaryl/α,β-unsaturated/α-hetero) is 1. The van der Waals surface area contributed by atoms with E-state index in [4.69, 9.17) is 0 Å². The lowest BCUT2D eigenvalue weighted by Crippen LogP contribution is -2.48. The molecule has 21 heavy (non-hydrogen) atoms. The maximum Gasteiger partial charge on any atom is 0.136 e. The van der Waals surface area contributed by atoms with Crippen LogP contribution in [0.4, 0.5) is 0 Å². The lowest BCUT2D eigenvalue weighted by Gasteiger charge is -2.50. The molecule has 0 radical (unpaired) electrons. The Morgan fingerprint density at radius 1 is 1.00 bits per heavy atom. The van der Waals surface area contributed by atoms with Gasteiger partial charge in [0.15, 0.2) is 0 Å². The largest absolute Gasteiger partial charge is 0.393 e. The number of rotatable bonds is 2. The van der Waals surface area contributed by atoms with Gasteiger partial charge < -0.3 is 5.11 Å². The van der Waals surface area contributed by atoms with Crippen LogP contribution < -0.4 is 0 Å². The van der Waals surface area contributed by atoms with Crippen LogP contribution in [0.15, 0.2) is 0 Å². The monoisotopic (exact) mass is 294 g/mol. The molecule has 2 nitrogen and oxygen atoms in total. The highest BCUT2D eigenvalue weighted by molar-refractivity contribution is 5.84. The molecular weight excluding hydrogens is 260 g/mol. The van der Waals surface area contributed by atoms with E-state index in [0.717, 1.165) is 19.3 Å². The number of hydrogen-bond acceptors (Lipinski definition) is 2. The van der Waals surface area contributed by atoms with Gasteiger partial charge in [-0.05, 0) is 47.3 Å². The highest BCUT2D eigenvalue weighted by Gasteiger charge is 2.63. The summed E-state index contributed by atoms with van der Waals surface area (Å²) in [6.07, 6.45) is 3.54. The Bertz CT molecular complexity index is 386. The third-order valence-corrected chi connectivity index (χ3v) is 6.23. The van der Waals surface area contributed by atoms with E-state index in [9.17, 15) is 9.90 Å². The predicted octanol–water partition coefficient (Wildman–Crippen LogP) is 4.45. The van der Waals surface area contributed by atoms with E-state index in [1.165, 1.54) is 0 Å². The second-order valence-electron chi connectivity index (χ2n) is 9.78.